The van der Waals surface area contributed by atoms with Crippen LogP contribution in [0.2, 0.25) is 0 Å². The molecule has 0 bridgehead atoms. The normalized spacial score (nSPS) is 9.69. The van der Waals surface area contributed by atoms with Gasteiger partial charge in [0.15, 0.2) is 0 Å². The van der Waals surface area contributed by atoms with Crippen LogP contribution in [0.5, 0.6) is 0 Å². The maximum absolute atomic E-state index is 3.87. The van der Waals surface area contributed by atoms with E-state index in [1.54, 1.807) is 0 Å². The Morgan fingerprint density at radius 1 is 1.38 bits per heavy atom. The van der Waals surface area contributed by atoms with E-state index < -0.39 is 0 Å². The van der Waals surface area contributed by atoms with E-state index in [0.29, 0.717) is 5.92 Å². The molecule has 0 aliphatic heterocycles. The van der Waals surface area contributed by atoms with E-state index in [-0.39, 0.29) is 0 Å². The molecule has 0 saturated heterocycles. The zero-order valence-electron chi connectivity index (χ0n) is 9.85. The SMILES string of the molecule is C=C(/C=C\CC)NCC(C)C.CC. The van der Waals surface area contributed by atoms with Crippen molar-refractivity contribution >= 4 is 0 Å². The molecule has 0 aliphatic carbocycles. The van der Waals surface area contributed by atoms with Gasteiger partial charge in [0.1, 0.15) is 0 Å². The van der Waals surface area contributed by atoms with Gasteiger partial charge in [-0.1, -0.05) is 47.3 Å². The Balaban J connectivity index is 0. The maximum atomic E-state index is 3.87. The molecular weight excluding hydrogens is 158 g/mol. The lowest BCUT2D eigenvalue weighted by Crippen LogP contribution is -2.17. The highest BCUT2D eigenvalue weighted by molar-refractivity contribution is 5.11. The van der Waals surface area contributed by atoms with Gasteiger partial charge in [-0.2, -0.15) is 0 Å². The molecule has 0 fully saturated rings. The topological polar surface area (TPSA) is 12.0 Å². The zero-order valence-corrected chi connectivity index (χ0v) is 9.85. The summed E-state index contributed by atoms with van der Waals surface area (Å²) >= 11 is 0. The van der Waals surface area contributed by atoms with Gasteiger partial charge in [0.05, 0.1) is 0 Å². The third-order valence-electron chi connectivity index (χ3n) is 1.29. The average molecular weight is 183 g/mol. The molecule has 1 nitrogen and oxygen atoms in total. The van der Waals surface area contributed by atoms with Gasteiger partial charge in [-0.05, 0) is 18.4 Å². The summed E-state index contributed by atoms with van der Waals surface area (Å²) in [6, 6.07) is 0. The highest BCUT2D eigenvalue weighted by Gasteiger charge is 1.91. The zero-order chi connectivity index (χ0) is 10.7. The summed E-state index contributed by atoms with van der Waals surface area (Å²) in [7, 11) is 0. The Hall–Kier alpha value is -0.720. The highest BCUT2D eigenvalue weighted by Crippen LogP contribution is 1.93. The number of hydrogen-bond donors (Lipinski definition) is 1. The number of hydrogen-bond acceptors (Lipinski definition) is 1. The van der Waals surface area contributed by atoms with Crippen LogP contribution in [0.3, 0.4) is 0 Å². The number of nitrogens with one attached hydrogen (secondary N) is 1. The summed E-state index contributed by atoms with van der Waals surface area (Å²) in [5.74, 6) is 0.682. The van der Waals surface area contributed by atoms with Crippen LogP contribution in [-0.4, -0.2) is 6.54 Å². The van der Waals surface area contributed by atoms with Crippen LogP contribution in [0, 0.1) is 5.92 Å². The molecule has 0 aromatic carbocycles. The summed E-state index contributed by atoms with van der Waals surface area (Å²) in [6.45, 7) is 15.4. The lowest BCUT2D eigenvalue weighted by Gasteiger charge is -2.07. The van der Waals surface area contributed by atoms with Crippen LogP contribution in [0.1, 0.15) is 41.0 Å². The van der Waals surface area contributed by atoms with E-state index in [4.69, 9.17) is 0 Å². The smallest absolute Gasteiger partial charge is 0.0263 e. The van der Waals surface area contributed by atoms with Gasteiger partial charge in [-0.15, -0.1) is 0 Å². The first-order valence-electron chi connectivity index (χ1n) is 5.26. The summed E-state index contributed by atoms with van der Waals surface area (Å²) < 4.78 is 0. The first-order valence-corrected chi connectivity index (χ1v) is 5.26. The van der Waals surface area contributed by atoms with Gasteiger partial charge in [0.2, 0.25) is 0 Å². The molecule has 0 rings (SSSR count). The first kappa shape index (κ1) is 14.8. The third-order valence-corrected chi connectivity index (χ3v) is 1.29. The predicted molar refractivity (Wildman–Crippen MR) is 62.8 cm³/mol. The molecular formula is C12H25N. The van der Waals surface area contributed by atoms with Gasteiger partial charge >= 0.3 is 0 Å². The van der Waals surface area contributed by atoms with E-state index in [2.05, 4.69) is 38.7 Å². The molecule has 78 valence electrons. The molecule has 0 spiro atoms. The molecule has 0 aromatic heterocycles. The number of allylic oxidation sites excluding steroid dienone is 2. The van der Waals surface area contributed by atoms with Crippen molar-refractivity contribution in [1.82, 2.24) is 5.32 Å². The van der Waals surface area contributed by atoms with Crippen molar-refractivity contribution in [2.24, 2.45) is 5.92 Å². The van der Waals surface area contributed by atoms with Gasteiger partial charge in [-0.3, -0.25) is 0 Å². The lowest BCUT2D eigenvalue weighted by molar-refractivity contribution is 0.602. The van der Waals surface area contributed by atoms with Crippen molar-refractivity contribution < 1.29 is 0 Å². The van der Waals surface area contributed by atoms with Crippen molar-refractivity contribution in [3.05, 3.63) is 24.4 Å². The fourth-order valence-corrected chi connectivity index (χ4v) is 0.654. The second-order valence-electron chi connectivity index (χ2n) is 3.11. The summed E-state index contributed by atoms with van der Waals surface area (Å²) in [5.41, 5.74) is 1.01. The second kappa shape index (κ2) is 11.3. The van der Waals surface area contributed by atoms with Crippen LogP contribution >= 0.6 is 0 Å². The van der Waals surface area contributed by atoms with Crippen molar-refractivity contribution in [1.29, 1.82) is 0 Å². The van der Waals surface area contributed by atoms with Crippen LogP contribution in [0.25, 0.3) is 0 Å². The molecule has 0 heterocycles. The van der Waals surface area contributed by atoms with E-state index in [0.717, 1.165) is 18.7 Å². The highest BCUT2D eigenvalue weighted by atomic mass is 14.9. The predicted octanol–water partition coefficient (Wildman–Crippen LogP) is 3.74. The number of rotatable bonds is 5. The van der Waals surface area contributed by atoms with E-state index >= 15 is 0 Å². The molecule has 1 N–H and O–H groups in total. The van der Waals surface area contributed by atoms with Crippen molar-refractivity contribution in [2.75, 3.05) is 6.54 Å². The molecule has 13 heavy (non-hydrogen) atoms. The van der Waals surface area contributed by atoms with E-state index in [9.17, 15) is 0 Å². The van der Waals surface area contributed by atoms with E-state index in [1.807, 2.05) is 19.9 Å². The summed E-state index contributed by atoms with van der Waals surface area (Å²) in [6.07, 6.45) is 5.21. The van der Waals surface area contributed by atoms with Crippen molar-refractivity contribution in [2.45, 2.75) is 41.0 Å². The molecule has 0 radical (unpaired) electrons. The molecule has 1 heteroatoms. The first-order chi connectivity index (χ1) is 6.16. The van der Waals surface area contributed by atoms with Gasteiger partial charge < -0.3 is 5.32 Å². The minimum absolute atomic E-state index is 0.682. The maximum Gasteiger partial charge on any atom is 0.0263 e. The largest absolute Gasteiger partial charge is 0.385 e. The molecule has 0 aliphatic rings. The third kappa shape index (κ3) is 14.2. The molecule has 0 unspecified atom stereocenters. The Bertz CT molecular complexity index is 134. The second-order valence-corrected chi connectivity index (χ2v) is 3.11. The Labute approximate surface area is 83.9 Å². The minimum atomic E-state index is 0.682. The van der Waals surface area contributed by atoms with Gasteiger partial charge in [-0.25, -0.2) is 0 Å². The Morgan fingerprint density at radius 3 is 2.31 bits per heavy atom. The van der Waals surface area contributed by atoms with Crippen LogP contribution in [0.4, 0.5) is 0 Å². The van der Waals surface area contributed by atoms with Crippen LogP contribution in [0.15, 0.2) is 24.4 Å². The van der Waals surface area contributed by atoms with Crippen LogP contribution < -0.4 is 5.32 Å². The lowest BCUT2D eigenvalue weighted by atomic mass is 10.2. The monoisotopic (exact) mass is 183 g/mol. The van der Waals surface area contributed by atoms with Crippen molar-refractivity contribution in [3.63, 3.8) is 0 Å². The van der Waals surface area contributed by atoms with Crippen LogP contribution in [-0.2, 0) is 0 Å². The average Bonchev–Trinajstić information content (AvgIpc) is 2.14. The minimum Gasteiger partial charge on any atom is -0.385 e. The fourth-order valence-electron chi connectivity index (χ4n) is 0.654. The van der Waals surface area contributed by atoms with Gasteiger partial charge in [0.25, 0.3) is 0 Å². The molecule has 0 amide bonds. The molecule has 0 atom stereocenters. The quantitative estimate of drug-likeness (QED) is 0.640. The fraction of sp³-hybridized carbons (Fsp3) is 0.667. The standard InChI is InChI=1S/C10H19N.C2H6/c1-5-6-7-10(4)11-8-9(2)3;1-2/h6-7,9,11H,4-5,8H2,1-3H3;1-2H3/b7-6-;. The van der Waals surface area contributed by atoms with Crippen molar-refractivity contribution in [3.8, 4) is 0 Å². The molecule has 0 saturated carbocycles. The molecule has 0 aromatic rings. The Morgan fingerprint density at radius 2 is 1.92 bits per heavy atom. The Kier molecular flexibility index (Phi) is 12.8. The summed E-state index contributed by atoms with van der Waals surface area (Å²) in [4.78, 5) is 0. The summed E-state index contributed by atoms with van der Waals surface area (Å²) in [5, 5.41) is 3.24. The van der Waals surface area contributed by atoms with E-state index in [1.165, 1.54) is 0 Å². The van der Waals surface area contributed by atoms with Gasteiger partial charge in [0, 0.05) is 12.2 Å².